The summed E-state index contributed by atoms with van der Waals surface area (Å²) in [5, 5.41) is 5.11. The van der Waals surface area contributed by atoms with Crippen LogP contribution in [-0.2, 0) is 16.0 Å². The summed E-state index contributed by atoms with van der Waals surface area (Å²) < 4.78 is 0. The zero-order valence-corrected chi connectivity index (χ0v) is 14.4. The number of carbonyl (C=O) groups excluding carboxylic acids is 2. The highest BCUT2D eigenvalue weighted by molar-refractivity contribution is 6.05. The van der Waals surface area contributed by atoms with Crippen LogP contribution in [0.1, 0.15) is 12.5 Å². The van der Waals surface area contributed by atoms with Crippen LogP contribution in [0.2, 0.25) is 0 Å². The van der Waals surface area contributed by atoms with Crippen molar-refractivity contribution in [3.63, 3.8) is 0 Å². The number of nitrogens with one attached hydrogen (secondary N) is 1. The van der Waals surface area contributed by atoms with E-state index in [1.807, 2.05) is 37.2 Å². The molecule has 0 fully saturated rings. The van der Waals surface area contributed by atoms with E-state index in [1.54, 1.807) is 0 Å². The van der Waals surface area contributed by atoms with Crippen LogP contribution in [0, 0.1) is 0 Å². The van der Waals surface area contributed by atoms with Gasteiger partial charge < -0.3 is 15.1 Å². The van der Waals surface area contributed by atoms with Gasteiger partial charge in [-0.3, -0.25) is 9.59 Å². The minimum atomic E-state index is -0.497. The summed E-state index contributed by atoms with van der Waals surface area (Å²) >= 11 is 0. The van der Waals surface area contributed by atoms with Gasteiger partial charge in [-0.2, -0.15) is 0 Å². The zero-order chi connectivity index (χ0) is 17.3. The Bertz CT molecular complexity index is 785. The molecule has 3 rings (SSSR count). The molecule has 0 saturated carbocycles. The summed E-state index contributed by atoms with van der Waals surface area (Å²) in [5.41, 5.74) is 2.09. The highest BCUT2D eigenvalue weighted by Crippen LogP contribution is 2.34. The molecule has 2 amide bonds. The van der Waals surface area contributed by atoms with Crippen LogP contribution < -0.4 is 10.2 Å². The topological polar surface area (TPSA) is 52.7 Å². The van der Waals surface area contributed by atoms with E-state index < -0.39 is 6.04 Å². The predicted molar refractivity (Wildman–Crippen MR) is 96.2 cm³/mol. The van der Waals surface area contributed by atoms with Gasteiger partial charge in [-0.25, -0.2) is 0 Å². The summed E-state index contributed by atoms with van der Waals surface area (Å²) in [6, 6.07) is 11.8. The molecule has 0 spiro atoms. The molecule has 1 aliphatic rings. The third kappa shape index (κ3) is 3.12. The summed E-state index contributed by atoms with van der Waals surface area (Å²) in [6.07, 6.45) is 0.535. The summed E-state index contributed by atoms with van der Waals surface area (Å²) in [5.74, 6) is -0.209. The van der Waals surface area contributed by atoms with Crippen molar-refractivity contribution in [3.8, 4) is 0 Å². The molecule has 2 aromatic rings. The molecule has 1 N–H and O–H groups in total. The van der Waals surface area contributed by atoms with Gasteiger partial charge in [-0.05, 0) is 36.5 Å². The fraction of sp³-hybridized carbons (Fsp3) is 0.368. The fourth-order valence-electron chi connectivity index (χ4n) is 3.28. The summed E-state index contributed by atoms with van der Waals surface area (Å²) in [6.45, 7) is 2.83. The highest BCUT2D eigenvalue weighted by Gasteiger charge is 2.34. The Morgan fingerprint density at radius 1 is 1.25 bits per heavy atom. The molecular formula is C19H23N3O2. The molecule has 24 heavy (non-hydrogen) atoms. The maximum absolute atomic E-state index is 12.9. The van der Waals surface area contributed by atoms with Crippen molar-refractivity contribution in [2.45, 2.75) is 19.4 Å². The van der Waals surface area contributed by atoms with E-state index in [0.29, 0.717) is 13.0 Å². The number of amides is 2. The van der Waals surface area contributed by atoms with Gasteiger partial charge in [0.25, 0.3) is 0 Å². The van der Waals surface area contributed by atoms with E-state index in [4.69, 9.17) is 0 Å². The third-order valence-electron chi connectivity index (χ3n) is 4.43. The predicted octanol–water partition coefficient (Wildman–Crippen LogP) is 1.80. The second kappa shape index (κ2) is 6.61. The molecule has 1 unspecified atom stereocenters. The number of hydrogen-bond donors (Lipinski definition) is 1. The van der Waals surface area contributed by atoms with Crippen LogP contribution in [0.5, 0.6) is 0 Å². The maximum atomic E-state index is 12.9. The van der Waals surface area contributed by atoms with Crippen LogP contribution in [0.4, 0.5) is 5.69 Å². The second-order valence-corrected chi connectivity index (χ2v) is 6.53. The summed E-state index contributed by atoms with van der Waals surface area (Å²) in [4.78, 5) is 28.2. The molecule has 126 valence electrons. The van der Waals surface area contributed by atoms with Crippen molar-refractivity contribution >= 4 is 28.3 Å². The maximum Gasteiger partial charge on any atom is 0.249 e. The van der Waals surface area contributed by atoms with E-state index >= 15 is 0 Å². The molecular weight excluding hydrogens is 302 g/mol. The first-order chi connectivity index (χ1) is 11.5. The van der Waals surface area contributed by atoms with Crippen molar-refractivity contribution < 1.29 is 9.59 Å². The Hall–Kier alpha value is -2.40. The Morgan fingerprint density at radius 3 is 2.71 bits per heavy atom. The Balaban J connectivity index is 2.07. The average Bonchev–Trinajstić information content (AvgIpc) is 2.54. The number of carbonyl (C=O) groups is 2. The molecule has 0 aliphatic carbocycles. The minimum Gasteiger partial charge on any atom is -0.344 e. The van der Waals surface area contributed by atoms with Crippen LogP contribution in [0.3, 0.4) is 0 Å². The average molecular weight is 325 g/mol. The minimum absolute atomic E-state index is 0.0326. The lowest BCUT2D eigenvalue weighted by Crippen LogP contribution is -2.53. The number of anilines is 1. The van der Waals surface area contributed by atoms with Crippen molar-refractivity contribution in [2.24, 2.45) is 0 Å². The molecule has 5 heteroatoms. The first kappa shape index (κ1) is 16.5. The number of hydrogen-bond acceptors (Lipinski definition) is 3. The number of likely N-dealkylation sites (N-methyl/N-ethyl adjacent to an activating group) is 1. The number of rotatable bonds is 4. The monoisotopic (exact) mass is 325 g/mol. The van der Waals surface area contributed by atoms with E-state index in [2.05, 4.69) is 28.4 Å². The van der Waals surface area contributed by atoms with Gasteiger partial charge in [0.2, 0.25) is 11.8 Å². The number of fused-ring (bicyclic) bond motifs is 3. The van der Waals surface area contributed by atoms with Gasteiger partial charge in [0, 0.05) is 32.1 Å². The Morgan fingerprint density at radius 2 is 2.00 bits per heavy atom. The van der Waals surface area contributed by atoms with E-state index in [0.717, 1.165) is 28.6 Å². The van der Waals surface area contributed by atoms with E-state index in [1.165, 1.54) is 6.92 Å². The van der Waals surface area contributed by atoms with Gasteiger partial charge in [0.1, 0.15) is 6.04 Å². The lowest BCUT2D eigenvalue weighted by atomic mass is 9.92. The molecule has 1 heterocycles. The van der Waals surface area contributed by atoms with Gasteiger partial charge in [0.15, 0.2) is 0 Å². The first-order valence-electron chi connectivity index (χ1n) is 8.21. The molecule has 0 aromatic heterocycles. The first-order valence-corrected chi connectivity index (χ1v) is 8.21. The van der Waals surface area contributed by atoms with Gasteiger partial charge >= 0.3 is 0 Å². The molecule has 1 atom stereocenters. The van der Waals surface area contributed by atoms with Crippen LogP contribution in [0.15, 0.2) is 36.4 Å². The summed E-state index contributed by atoms with van der Waals surface area (Å²) in [7, 11) is 3.97. The SMILES string of the molecule is CC(=O)NC1Cc2c(ccc3ccccc23)N(CCN(C)C)C1=O. The molecule has 5 nitrogen and oxygen atoms in total. The molecule has 1 aliphatic heterocycles. The molecule has 0 bridgehead atoms. The zero-order valence-electron chi connectivity index (χ0n) is 14.4. The van der Waals surface area contributed by atoms with E-state index in [-0.39, 0.29) is 11.8 Å². The van der Waals surface area contributed by atoms with Crippen LogP contribution >= 0.6 is 0 Å². The third-order valence-corrected chi connectivity index (χ3v) is 4.43. The quantitative estimate of drug-likeness (QED) is 0.932. The van der Waals surface area contributed by atoms with E-state index in [9.17, 15) is 9.59 Å². The van der Waals surface area contributed by atoms with Crippen molar-refractivity contribution in [1.29, 1.82) is 0 Å². The van der Waals surface area contributed by atoms with Crippen molar-refractivity contribution in [3.05, 3.63) is 42.0 Å². The largest absolute Gasteiger partial charge is 0.344 e. The Labute approximate surface area is 142 Å². The van der Waals surface area contributed by atoms with Crippen LogP contribution in [0.25, 0.3) is 10.8 Å². The second-order valence-electron chi connectivity index (χ2n) is 6.53. The van der Waals surface area contributed by atoms with Crippen molar-refractivity contribution in [1.82, 2.24) is 10.2 Å². The smallest absolute Gasteiger partial charge is 0.249 e. The molecule has 0 saturated heterocycles. The molecule has 0 radical (unpaired) electrons. The standard InChI is InChI=1S/C19H23N3O2/c1-13(23)20-17-12-16-15-7-5-4-6-14(15)8-9-18(16)22(19(17)24)11-10-21(2)3/h4-9,17H,10-12H2,1-3H3,(H,20,23). The highest BCUT2D eigenvalue weighted by atomic mass is 16.2. The number of nitrogens with zero attached hydrogens (tertiary/aromatic N) is 2. The van der Waals surface area contributed by atoms with Gasteiger partial charge in [0.05, 0.1) is 0 Å². The Kier molecular flexibility index (Phi) is 4.53. The lowest BCUT2D eigenvalue weighted by molar-refractivity contribution is -0.126. The lowest BCUT2D eigenvalue weighted by Gasteiger charge is -2.35. The number of benzene rings is 2. The van der Waals surface area contributed by atoms with Gasteiger partial charge in [-0.15, -0.1) is 0 Å². The molecule has 2 aromatic carbocycles. The van der Waals surface area contributed by atoms with Gasteiger partial charge in [-0.1, -0.05) is 30.3 Å². The fourth-order valence-corrected chi connectivity index (χ4v) is 3.28. The van der Waals surface area contributed by atoms with Crippen molar-refractivity contribution in [2.75, 3.05) is 32.1 Å². The van der Waals surface area contributed by atoms with Crippen LogP contribution in [-0.4, -0.2) is 49.9 Å². The normalized spacial score (nSPS) is 17.2.